The summed E-state index contributed by atoms with van der Waals surface area (Å²) in [6, 6.07) is 13.8. The van der Waals surface area contributed by atoms with Crippen LogP contribution in [0, 0.1) is 11.6 Å². The van der Waals surface area contributed by atoms with E-state index in [-0.39, 0.29) is 16.3 Å². The van der Waals surface area contributed by atoms with Gasteiger partial charge in [-0.2, -0.15) is 0 Å². The zero-order valence-corrected chi connectivity index (χ0v) is 17.0. The molecule has 7 nitrogen and oxygen atoms in total. The molecular formula is C21H16F2N4O3S. The molecule has 0 fully saturated rings. The topological polar surface area (TPSA) is 107 Å². The van der Waals surface area contributed by atoms with Gasteiger partial charge in [0.2, 0.25) is 0 Å². The van der Waals surface area contributed by atoms with Gasteiger partial charge in [-0.05, 0) is 41.4 Å². The second kappa shape index (κ2) is 9.84. The van der Waals surface area contributed by atoms with Crippen molar-refractivity contribution in [2.45, 2.75) is 10.6 Å². The van der Waals surface area contributed by atoms with Crippen molar-refractivity contribution < 1.29 is 23.4 Å². The van der Waals surface area contributed by atoms with Crippen LogP contribution in [-0.2, 0) is 5.75 Å². The molecule has 2 N–H and O–H groups in total. The zero-order valence-electron chi connectivity index (χ0n) is 16.2. The quantitative estimate of drug-likeness (QED) is 0.176. The molecule has 3 aromatic carbocycles. The van der Waals surface area contributed by atoms with E-state index in [4.69, 9.17) is 10.3 Å². The van der Waals surface area contributed by atoms with Crippen molar-refractivity contribution in [2.75, 3.05) is 12.4 Å². The summed E-state index contributed by atoms with van der Waals surface area (Å²) in [6.45, 7) is 0. The predicted molar refractivity (Wildman–Crippen MR) is 114 cm³/mol. The van der Waals surface area contributed by atoms with E-state index in [1.807, 2.05) is 12.1 Å². The minimum absolute atomic E-state index is 0.116. The Morgan fingerprint density at radius 1 is 1.23 bits per heavy atom. The number of rotatable bonds is 8. The SMILES string of the molecule is COc1ccc(CSc2cc(C(=O)O)c(Nc3ccccc3F)c(F)c2N=[N+]=[N-])cc1. The van der Waals surface area contributed by atoms with Gasteiger partial charge in [-0.15, -0.1) is 11.8 Å². The number of thioether (sulfide) groups is 1. The fourth-order valence-electron chi connectivity index (χ4n) is 2.74. The van der Waals surface area contributed by atoms with Crippen LogP contribution in [0.5, 0.6) is 5.75 Å². The van der Waals surface area contributed by atoms with Crippen LogP contribution in [-0.4, -0.2) is 18.2 Å². The summed E-state index contributed by atoms with van der Waals surface area (Å²) < 4.78 is 34.3. The van der Waals surface area contributed by atoms with E-state index in [1.54, 1.807) is 19.2 Å². The van der Waals surface area contributed by atoms with Gasteiger partial charge in [0.15, 0.2) is 5.82 Å². The van der Waals surface area contributed by atoms with E-state index >= 15 is 4.39 Å². The van der Waals surface area contributed by atoms with Crippen LogP contribution >= 0.6 is 11.8 Å². The lowest BCUT2D eigenvalue weighted by atomic mass is 10.1. The van der Waals surface area contributed by atoms with Crippen molar-refractivity contribution in [3.05, 3.63) is 87.8 Å². The minimum Gasteiger partial charge on any atom is -0.497 e. The number of ether oxygens (including phenoxy) is 1. The van der Waals surface area contributed by atoms with Crippen LogP contribution in [0.2, 0.25) is 0 Å². The number of benzene rings is 3. The normalized spacial score (nSPS) is 10.3. The van der Waals surface area contributed by atoms with Crippen LogP contribution in [0.15, 0.2) is 64.6 Å². The molecule has 0 radical (unpaired) electrons. The fraction of sp³-hybridized carbons (Fsp3) is 0.0952. The first-order valence-corrected chi connectivity index (χ1v) is 9.85. The molecule has 0 spiro atoms. The Labute approximate surface area is 180 Å². The number of carboxylic acids is 1. The number of nitrogens with one attached hydrogen (secondary N) is 1. The number of para-hydroxylation sites is 1. The van der Waals surface area contributed by atoms with Gasteiger partial charge >= 0.3 is 5.97 Å². The number of nitrogens with zero attached hydrogens (tertiary/aromatic N) is 3. The lowest BCUT2D eigenvalue weighted by Gasteiger charge is -2.16. The number of halogens is 2. The summed E-state index contributed by atoms with van der Waals surface area (Å²) in [5.74, 6) is -2.17. The summed E-state index contributed by atoms with van der Waals surface area (Å²) in [4.78, 5) is 14.6. The molecule has 0 atom stereocenters. The van der Waals surface area contributed by atoms with E-state index in [1.165, 1.54) is 24.3 Å². The lowest BCUT2D eigenvalue weighted by molar-refractivity contribution is 0.0697. The van der Waals surface area contributed by atoms with Gasteiger partial charge in [0.1, 0.15) is 11.6 Å². The van der Waals surface area contributed by atoms with Crippen molar-refractivity contribution in [1.29, 1.82) is 0 Å². The van der Waals surface area contributed by atoms with Crippen molar-refractivity contribution in [3.8, 4) is 5.75 Å². The number of hydrogen-bond donors (Lipinski definition) is 2. The summed E-state index contributed by atoms with van der Waals surface area (Å²) in [5, 5.41) is 15.5. The molecular weight excluding hydrogens is 426 g/mol. The van der Waals surface area contributed by atoms with E-state index in [0.29, 0.717) is 11.5 Å². The first kappa shape index (κ1) is 21.9. The molecule has 0 aliphatic rings. The molecule has 0 bridgehead atoms. The molecule has 0 amide bonds. The first-order valence-electron chi connectivity index (χ1n) is 8.86. The van der Waals surface area contributed by atoms with Gasteiger partial charge in [0.25, 0.3) is 0 Å². The molecule has 0 aliphatic heterocycles. The van der Waals surface area contributed by atoms with Crippen LogP contribution in [0.3, 0.4) is 0 Å². The Kier molecular flexibility index (Phi) is 6.96. The Morgan fingerprint density at radius 2 is 1.94 bits per heavy atom. The van der Waals surface area contributed by atoms with Crippen molar-refractivity contribution in [1.82, 2.24) is 0 Å². The predicted octanol–water partition coefficient (Wildman–Crippen LogP) is 6.65. The highest BCUT2D eigenvalue weighted by Gasteiger charge is 2.23. The van der Waals surface area contributed by atoms with E-state index in [2.05, 4.69) is 15.3 Å². The summed E-state index contributed by atoms with van der Waals surface area (Å²) in [5.41, 5.74) is 8.35. The van der Waals surface area contributed by atoms with Crippen LogP contribution in [0.25, 0.3) is 10.4 Å². The van der Waals surface area contributed by atoms with Gasteiger partial charge in [0, 0.05) is 15.6 Å². The molecule has 0 aromatic heterocycles. The Bertz CT molecular complexity index is 1170. The Hall–Kier alpha value is -3.75. The van der Waals surface area contributed by atoms with Crippen molar-refractivity contribution >= 4 is 34.8 Å². The second-order valence-corrected chi connectivity index (χ2v) is 7.21. The highest BCUT2D eigenvalue weighted by molar-refractivity contribution is 7.98. The van der Waals surface area contributed by atoms with Gasteiger partial charge in [-0.1, -0.05) is 29.4 Å². The zero-order chi connectivity index (χ0) is 22.4. The first-order chi connectivity index (χ1) is 14.9. The molecule has 3 aromatic rings. The number of carboxylic acid groups (broad SMARTS) is 1. The number of carbonyl (C=O) groups is 1. The van der Waals surface area contributed by atoms with Crippen LogP contribution in [0.1, 0.15) is 15.9 Å². The highest BCUT2D eigenvalue weighted by Crippen LogP contribution is 2.41. The summed E-state index contributed by atoms with van der Waals surface area (Å²) >= 11 is 1.11. The van der Waals surface area contributed by atoms with Crippen LogP contribution in [0.4, 0.5) is 25.8 Å². The number of hydrogen-bond acceptors (Lipinski definition) is 5. The molecule has 0 heterocycles. The number of methoxy groups -OCH3 is 1. The third-order valence-corrected chi connectivity index (χ3v) is 5.37. The maximum absolute atomic E-state index is 15.2. The van der Waals surface area contributed by atoms with E-state index in [0.717, 1.165) is 23.4 Å². The fourth-order valence-corrected chi connectivity index (χ4v) is 3.72. The van der Waals surface area contributed by atoms with Crippen molar-refractivity contribution in [2.24, 2.45) is 5.11 Å². The van der Waals surface area contributed by atoms with Crippen molar-refractivity contribution in [3.63, 3.8) is 0 Å². The largest absolute Gasteiger partial charge is 0.497 e. The molecule has 0 unspecified atom stereocenters. The molecule has 0 aliphatic carbocycles. The maximum atomic E-state index is 15.2. The third-order valence-electron chi connectivity index (χ3n) is 4.27. The highest BCUT2D eigenvalue weighted by atomic mass is 32.2. The molecule has 31 heavy (non-hydrogen) atoms. The monoisotopic (exact) mass is 442 g/mol. The molecule has 10 heteroatoms. The molecule has 0 saturated heterocycles. The smallest absolute Gasteiger partial charge is 0.337 e. The average Bonchev–Trinajstić information content (AvgIpc) is 2.77. The van der Waals surface area contributed by atoms with Gasteiger partial charge in [0.05, 0.1) is 29.7 Å². The third kappa shape index (κ3) is 5.06. The lowest BCUT2D eigenvalue weighted by Crippen LogP contribution is -2.07. The standard InChI is InChI=1S/C21H16F2N4O3S/c1-30-13-8-6-12(7-9-13)11-31-17-10-14(21(28)29)19(18(23)20(17)26-27-24)25-16-5-3-2-4-15(16)22/h2-10,25H,11H2,1H3,(H,28,29). The number of azide groups is 1. The summed E-state index contributed by atoms with van der Waals surface area (Å²) in [6.07, 6.45) is 0. The molecule has 0 saturated carbocycles. The van der Waals surface area contributed by atoms with Gasteiger partial charge in [-0.25, -0.2) is 13.6 Å². The van der Waals surface area contributed by atoms with E-state index in [9.17, 15) is 14.3 Å². The van der Waals surface area contributed by atoms with Gasteiger partial charge < -0.3 is 15.2 Å². The molecule has 3 rings (SSSR count). The maximum Gasteiger partial charge on any atom is 0.337 e. The van der Waals surface area contributed by atoms with Crippen LogP contribution < -0.4 is 10.1 Å². The van der Waals surface area contributed by atoms with E-state index < -0.39 is 28.9 Å². The number of anilines is 2. The number of aromatic carboxylic acids is 1. The van der Waals surface area contributed by atoms with Gasteiger partial charge in [-0.3, -0.25) is 0 Å². The minimum atomic E-state index is -1.42. The molecule has 158 valence electrons. The Morgan fingerprint density at radius 3 is 2.55 bits per heavy atom. The average molecular weight is 442 g/mol. The summed E-state index contributed by atoms with van der Waals surface area (Å²) in [7, 11) is 1.54. The Balaban J connectivity index is 2.02. The second-order valence-electron chi connectivity index (χ2n) is 6.20.